The van der Waals surface area contributed by atoms with Gasteiger partial charge in [0.05, 0.1) is 0 Å². The number of aromatic amines is 1. The highest BCUT2D eigenvalue weighted by Crippen LogP contribution is 2.26. The monoisotopic (exact) mass is 284 g/mol. The van der Waals surface area contributed by atoms with Crippen LogP contribution in [0.5, 0.6) is 0 Å². The minimum atomic E-state index is -0.0385. The maximum Gasteiger partial charge on any atom is 0.195 e. The maximum absolute atomic E-state index is 12.7. The lowest BCUT2D eigenvalue weighted by molar-refractivity contribution is 0.104. The number of benzene rings is 2. The average molecular weight is 285 g/mol. The van der Waals surface area contributed by atoms with Gasteiger partial charge in [-0.3, -0.25) is 4.79 Å². The van der Waals surface area contributed by atoms with Crippen LogP contribution in [0.2, 0.25) is 5.02 Å². The summed E-state index contributed by atoms with van der Waals surface area (Å²) in [6, 6.07) is 10.8. The molecule has 0 amide bonds. The van der Waals surface area contributed by atoms with Gasteiger partial charge < -0.3 is 10.7 Å². The zero-order valence-corrected chi connectivity index (χ0v) is 11.7. The lowest BCUT2D eigenvalue weighted by Gasteiger charge is -2.06. The van der Waals surface area contributed by atoms with Crippen molar-refractivity contribution >= 4 is 34.0 Å². The van der Waals surface area contributed by atoms with E-state index >= 15 is 0 Å². The van der Waals surface area contributed by atoms with Crippen LogP contribution in [0.25, 0.3) is 10.9 Å². The molecule has 2 aromatic carbocycles. The number of anilines is 1. The number of hydrogen-bond donors (Lipinski definition) is 2. The number of aromatic nitrogens is 1. The Kier molecular flexibility index (Phi) is 2.99. The van der Waals surface area contributed by atoms with Gasteiger partial charge in [-0.25, -0.2) is 0 Å². The van der Waals surface area contributed by atoms with E-state index < -0.39 is 0 Å². The molecule has 4 heteroatoms. The van der Waals surface area contributed by atoms with Crippen LogP contribution >= 0.6 is 11.6 Å². The molecule has 1 aromatic heterocycles. The van der Waals surface area contributed by atoms with Crippen molar-refractivity contribution in [2.24, 2.45) is 0 Å². The third-order valence-electron chi connectivity index (χ3n) is 3.51. The first-order valence-corrected chi connectivity index (χ1v) is 6.62. The Morgan fingerprint density at radius 2 is 2.00 bits per heavy atom. The normalized spacial score (nSPS) is 10.9. The van der Waals surface area contributed by atoms with Gasteiger partial charge in [0.15, 0.2) is 5.78 Å². The van der Waals surface area contributed by atoms with E-state index in [9.17, 15) is 4.79 Å². The molecule has 0 spiro atoms. The standard InChI is InChI=1S/C16H13ClN2O/c1-9-11(3-2-4-14(9)18)16(20)13-8-19-15-7-10(17)5-6-12(13)15/h2-8,19H,18H2,1H3. The molecule has 100 valence electrons. The van der Waals surface area contributed by atoms with Crippen molar-refractivity contribution in [3.05, 3.63) is 64.3 Å². The van der Waals surface area contributed by atoms with Crippen molar-refractivity contribution in [2.75, 3.05) is 5.73 Å². The van der Waals surface area contributed by atoms with Crippen molar-refractivity contribution in [2.45, 2.75) is 6.92 Å². The molecule has 0 aliphatic carbocycles. The van der Waals surface area contributed by atoms with Gasteiger partial charge in [-0.2, -0.15) is 0 Å². The van der Waals surface area contributed by atoms with E-state index in [0.717, 1.165) is 16.5 Å². The number of nitrogens with one attached hydrogen (secondary N) is 1. The Hall–Kier alpha value is -2.26. The molecule has 0 saturated carbocycles. The summed E-state index contributed by atoms with van der Waals surface area (Å²) >= 11 is 5.95. The second kappa shape index (κ2) is 4.69. The van der Waals surface area contributed by atoms with E-state index in [2.05, 4.69) is 4.98 Å². The summed E-state index contributed by atoms with van der Waals surface area (Å²) in [5.41, 5.74) is 9.40. The largest absolute Gasteiger partial charge is 0.398 e. The average Bonchev–Trinajstić information content (AvgIpc) is 2.84. The smallest absolute Gasteiger partial charge is 0.195 e. The quantitative estimate of drug-likeness (QED) is 0.553. The van der Waals surface area contributed by atoms with Crippen molar-refractivity contribution in [1.82, 2.24) is 4.98 Å². The van der Waals surface area contributed by atoms with Crippen LogP contribution in [-0.4, -0.2) is 10.8 Å². The number of nitrogens with two attached hydrogens (primary N) is 1. The highest BCUT2D eigenvalue weighted by atomic mass is 35.5. The van der Waals surface area contributed by atoms with Crippen LogP contribution in [-0.2, 0) is 0 Å². The number of carbonyl (C=O) groups excluding carboxylic acids is 1. The molecule has 3 N–H and O–H groups in total. The van der Waals surface area contributed by atoms with Crippen LogP contribution in [0, 0.1) is 6.92 Å². The highest BCUT2D eigenvalue weighted by Gasteiger charge is 2.16. The third kappa shape index (κ3) is 1.96. The molecule has 20 heavy (non-hydrogen) atoms. The SMILES string of the molecule is Cc1c(N)cccc1C(=O)c1c[nH]c2cc(Cl)ccc12. The molecule has 0 saturated heterocycles. The molecule has 0 bridgehead atoms. The Morgan fingerprint density at radius 1 is 1.20 bits per heavy atom. The van der Waals surface area contributed by atoms with Gasteiger partial charge in [-0.05, 0) is 30.7 Å². The summed E-state index contributed by atoms with van der Waals surface area (Å²) in [5, 5.41) is 1.50. The molecule has 0 fully saturated rings. The first-order chi connectivity index (χ1) is 9.58. The van der Waals surface area contributed by atoms with E-state index in [1.54, 1.807) is 36.5 Å². The van der Waals surface area contributed by atoms with Crippen molar-refractivity contribution in [1.29, 1.82) is 0 Å². The van der Waals surface area contributed by atoms with E-state index in [1.165, 1.54) is 0 Å². The predicted octanol–water partition coefficient (Wildman–Crippen LogP) is 3.94. The van der Waals surface area contributed by atoms with Crippen molar-refractivity contribution in [3.8, 4) is 0 Å². The van der Waals surface area contributed by atoms with Crippen LogP contribution in [0.4, 0.5) is 5.69 Å². The Bertz CT molecular complexity index is 820. The van der Waals surface area contributed by atoms with E-state index in [0.29, 0.717) is 21.8 Å². The lowest BCUT2D eigenvalue weighted by atomic mass is 9.98. The zero-order valence-electron chi connectivity index (χ0n) is 10.9. The molecular formula is C16H13ClN2O. The van der Waals surface area contributed by atoms with E-state index in [4.69, 9.17) is 17.3 Å². The summed E-state index contributed by atoms with van der Waals surface area (Å²) in [4.78, 5) is 15.7. The minimum absolute atomic E-state index is 0.0385. The minimum Gasteiger partial charge on any atom is -0.398 e. The maximum atomic E-state index is 12.7. The summed E-state index contributed by atoms with van der Waals surface area (Å²) in [5.74, 6) is -0.0385. The Balaban J connectivity index is 2.16. The Morgan fingerprint density at radius 3 is 2.80 bits per heavy atom. The third-order valence-corrected chi connectivity index (χ3v) is 3.74. The highest BCUT2D eigenvalue weighted by molar-refractivity contribution is 6.31. The van der Waals surface area contributed by atoms with E-state index in [1.807, 2.05) is 13.0 Å². The number of rotatable bonds is 2. The van der Waals surface area contributed by atoms with Crippen molar-refractivity contribution in [3.63, 3.8) is 0 Å². The molecule has 3 rings (SSSR count). The van der Waals surface area contributed by atoms with Gasteiger partial charge in [0, 0.05) is 38.9 Å². The molecule has 0 atom stereocenters. The summed E-state index contributed by atoms with van der Waals surface area (Å²) in [6.45, 7) is 1.86. The lowest BCUT2D eigenvalue weighted by Crippen LogP contribution is -2.05. The topological polar surface area (TPSA) is 58.9 Å². The van der Waals surface area contributed by atoms with Crippen LogP contribution in [0.3, 0.4) is 0 Å². The molecule has 0 unspecified atom stereocenters. The van der Waals surface area contributed by atoms with Crippen molar-refractivity contribution < 1.29 is 4.79 Å². The molecule has 1 heterocycles. The van der Waals surface area contributed by atoms with Gasteiger partial charge in [0.1, 0.15) is 0 Å². The fourth-order valence-electron chi connectivity index (χ4n) is 2.33. The first-order valence-electron chi connectivity index (χ1n) is 6.24. The number of fused-ring (bicyclic) bond motifs is 1. The number of nitrogen functional groups attached to an aromatic ring is 1. The number of carbonyl (C=O) groups is 1. The molecule has 0 aliphatic rings. The first kappa shape index (κ1) is 12.8. The molecule has 0 radical (unpaired) electrons. The van der Waals surface area contributed by atoms with Crippen LogP contribution in [0.15, 0.2) is 42.6 Å². The summed E-state index contributed by atoms with van der Waals surface area (Å²) in [6.07, 6.45) is 1.71. The fraction of sp³-hybridized carbons (Fsp3) is 0.0625. The summed E-state index contributed by atoms with van der Waals surface area (Å²) < 4.78 is 0. The van der Waals surface area contributed by atoms with Gasteiger partial charge >= 0.3 is 0 Å². The van der Waals surface area contributed by atoms with Gasteiger partial charge in [-0.15, -0.1) is 0 Å². The number of ketones is 1. The van der Waals surface area contributed by atoms with Gasteiger partial charge in [-0.1, -0.05) is 29.8 Å². The summed E-state index contributed by atoms with van der Waals surface area (Å²) in [7, 11) is 0. The molecule has 0 aliphatic heterocycles. The molecule has 3 aromatic rings. The predicted molar refractivity (Wildman–Crippen MR) is 82.3 cm³/mol. The zero-order chi connectivity index (χ0) is 14.3. The fourth-order valence-corrected chi connectivity index (χ4v) is 2.50. The molecular weight excluding hydrogens is 272 g/mol. The number of halogens is 1. The Labute approximate surface area is 121 Å². The molecule has 3 nitrogen and oxygen atoms in total. The van der Waals surface area contributed by atoms with E-state index in [-0.39, 0.29) is 5.78 Å². The van der Waals surface area contributed by atoms with Crippen LogP contribution in [0.1, 0.15) is 21.5 Å². The number of hydrogen-bond acceptors (Lipinski definition) is 2. The van der Waals surface area contributed by atoms with Gasteiger partial charge in [0.25, 0.3) is 0 Å². The second-order valence-corrected chi connectivity index (χ2v) is 5.18. The van der Waals surface area contributed by atoms with Crippen LogP contribution < -0.4 is 5.73 Å². The van der Waals surface area contributed by atoms with Gasteiger partial charge in [0.2, 0.25) is 0 Å². The second-order valence-electron chi connectivity index (χ2n) is 4.74. The number of H-pyrrole nitrogens is 1.